The van der Waals surface area contributed by atoms with E-state index in [2.05, 4.69) is 32.0 Å². The molecule has 53 valence electrons. The summed E-state index contributed by atoms with van der Waals surface area (Å²) in [6, 6.07) is 3.90. The van der Waals surface area contributed by atoms with Gasteiger partial charge in [-0.25, -0.2) is 0 Å². The predicted molar refractivity (Wildman–Crippen MR) is 41.8 cm³/mol. The van der Waals surface area contributed by atoms with Crippen molar-refractivity contribution in [1.82, 2.24) is 4.98 Å². The smallest absolute Gasteiger partial charge is 0.0886 e. The van der Waals surface area contributed by atoms with Gasteiger partial charge in [0.2, 0.25) is 0 Å². The maximum absolute atomic E-state index is 3.93. The first-order valence-electron chi connectivity index (χ1n) is 3.43. The van der Waals surface area contributed by atoms with Crippen molar-refractivity contribution >= 4 is 0 Å². The van der Waals surface area contributed by atoms with E-state index in [1.165, 1.54) is 5.56 Å². The van der Waals surface area contributed by atoms with Gasteiger partial charge in [-0.3, -0.25) is 4.98 Å². The van der Waals surface area contributed by atoms with E-state index < -0.39 is 0 Å². The molecule has 0 saturated carbocycles. The molecule has 0 saturated heterocycles. The van der Waals surface area contributed by atoms with Crippen molar-refractivity contribution in [2.24, 2.45) is 0 Å². The van der Waals surface area contributed by atoms with Crippen molar-refractivity contribution in [2.45, 2.75) is 26.2 Å². The number of hydrogen-bond donors (Lipinski definition) is 0. The van der Waals surface area contributed by atoms with Crippen LogP contribution in [0, 0.1) is 6.20 Å². The van der Waals surface area contributed by atoms with Gasteiger partial charge in [-0.05, 0) is 17.0 Å². The number of rotatable bonds is 0. The number of aromatic nitrogens is 1. The summed E-state index contributed by atoms with van der Waals surface area (Å²) in [5.74, 6) is 0. The molecule has 1 aromatic heterocycles. The molecule has 1 nitrogen and oxygen atoms in total. The highest BCUT2D eigenvalue weighted by Gasteiger charge is 2.12. The van der Waals surface area contributed by atoms with Gasteiger partial charge in [0.05, 0.1) is 6.20 Å². The fraction of sp³-hybridized carbons (Fsp3) is 0.444. The Morgan fingerprint density at radius 2 is 2.10 bits per heavy atom. The van der Waals surface area contributed by atoms with Crippen LogP contribution in [0.2, 0.25) is 0 Å². The van der Waals surface area contributed by atoms with Crippen molar-refractivity contribution in [3.05, 3.63) is 30.1 Å². The Balaban J connectivity index is 2.97. The van der Waals surface area contributed by atoms with Gasteiger partial charge < -0.3 is 0 Å². The van der Waals surface area contributed by atoms with Gasteiger partial charge in [-0.15, -0.1) is 0 Å². The van der Waals surface area contributed by atoms with E-state index in [-0.39, 0.29) is 5.41 Å². The average molecular weight is 134 g/mol. The molecule has 0 fully saturated rings. The molecule has 0 aromatic carbocycles. The molecule has 0 aliphatic heterocycles. The van der Waals surface area contributed by atoms with Crippen LogP contribution in [-0.4, -0.2) is 4.98 Å². The van der Waals surface area contributed by atoms with Crippen LogP contribution in [-0.2, 0) is 5.41 Å². The Morgan fingerprint density at radius 1 is 1.40 bits per heavy atom. The van der Waals surface area contributed by atoms with E-state index in [0.717, 1.165) is 0 Å². The summed E-state index contributed by atoms with van der Waals surface area (Å²) >= 11 is 0. The highest BCUT2D eigenvalue weighted by atomic mass is 14.6. The van der Waals surface area contributed by atoms with Crippen LogP contribution in [0.15, 0.2) is 18.3 Å². The second kappa shape index (κ2) is 2.41. The van der Waals surface area contributed by atoms with Crippen LogP contribution in [0.4, 0.5) is 0 Å². The minimum atomic E-state index is 0.210. The monoisotopic (exact) mass is 134 g/mol. The Morgan fingerprint density at radius 3 is 2.40 bits per heavy atom. The summed E-state index contributed by atoms with van der Waals surface area (Å²) < 4.78 is 0. The highest BCUT2D eigenvalue weighted by Crippen LogP contribution is 2.19. The minimum absolute atomic E-state index is 0.210. The van der Waals surface area contributed by atoms with E-state index in [4.69, 9.17) is 0 Å². The van der Waals surface area contributed by atoms with E-state index in [9.17, 15) is 0 Å². The Bertz CT molecular complexity index is 196. The van der Waals surface area contributed by atoms with Gasteiger partial charge >= 0.3 is 0 Å². The van der Waals surface area contributed by atoms with Gasteiger partial charge in [-0.1, -0.05) is 26.8 Å². The Hall–Kier alpha value is -0.850. The first kappa shape index (κ1) is 7.26. The minimum Gasteiger partial charge on any atom is -0.254 e. The predicted octanol–water partition coefficient (Wildman–Crippen LogP) is 2.18. The molecule has 0 aliphatic carbocycles. The van der Waals surface area contributed by atoms with Crippen molar-refractivity contribution < 1.29 is 0 Å². The third-order valence-corrected chi connectivity index (χ3v) is 1.48. The number of hydrogen-bond acceptors (Lipinski definition) is 1. The van der Waals surface area contributed by atoms with Crippen LogP contribution < -0.4 is 0 Å². The molecule has 0 amide bonds. The molecule has 1 aromatic rings. The van der Waals surface area contributed by atoms with E-state index in [0.29, 0.717) is 0 Å². The van der Waals surface area contributed by atoms with Crippen LogP contribution in [0.3, 0.4) is 0 Å². The molecule has 0 unspecified atom stereocenters. The lowest BCUT2D eigenvalue weighted by atomic mass is 9.88. The lowest BCUT2D eigenvalue weighted by Crippen LogP contribution is -2.10. The molecule has 1 radical (unpaired) electrons. The molecular weight excluding hydrogens is 122 g/mol. The zero-order valence-corrected chi connectivity index (χ0v) is 6.68. The fourth-order valence-corrected chi connectivity index (χ4v) is 0.764. The van der Waals surface area contributed by atoms with E-state index in [1.54, 1.807) is 0 Å². The van der Waals surface area contributed by atoms with Crippen molar-refractivity contribution in [1.29, 1.82) is 0 Å². The van der Waals surface area contributed by atoms with Crippen molar-refractivity contribution in [3.63, 3.8) is 0 Å². The van der Waals surface area contributed by atoms with Gasteiger partial charge in [0.1, 0.15) is 0 Å². The Kier molecular flexibility index (Phi) is 1.75. The SMILES string of the molecule is CC(C)(C)c1cc[c]nc1. The second-order valence-corrected chi connectivity index (χ2v) is 3.43. The third-order valence-electron chi connectivity index (χ3n) is 1.48. The number of pyridine rings is 1. The molecule has 10 heavy (non-hydrogen) atoms. The summed E-state index contributed by atoms with van der Waals surface area (Å²) in [5, 5.41) is 0. The van der Waals surface area contributed by atoms with Crippen molar-refractivity contribution in [3.8, 4) is 0 Å². The number of nitrogens with zero attached hydrogens (tertiary/aromatic N) is 1. The second-order valence-electron chi connectivity index (χ2n) is 3.43. The molecule has 0 N–H and O–H groups in total. The molecule has 0 spiro atoms. The summed E-state index contributed by atoms with van der Waals surface area (Å²) in [4.78, 5) is 3.93. The maximum atomic E-state index is 3.93. The van der Waals surface area contributed by atoms with Gasteiger partial charge in [0.25, 0.3) is 0 Å². The summed E-state index contributed by atoms with van der Waals surface area (Å²) in [7, 11) is 0. The lowest BCUT2D eigenvalue weighted by molar-refractivity contribution is 0.587. The first-order valence-corrected chi connectivity index (χ1v) is 3.43. The normalized spacial score (nSPS) is 11.5. The first-order chi connectivity index (χ1) is 4.61. The molecule has 1 heteroatoms. The van der Waals surface area contributed by atoms with Gasteiger partial charge in [0, 0.05) is 6.20 Å². The zero-order valence-electron chi connectivity index (χ0n) is 6.68. The largest absolute Gasteiger partial charge is 0.254 e. The standard InChI is InChI=1S/C9H12N/c1-9(2,3)8-5-4-6-10-7-8/h4-5,7H,1-3H3. The molecular formula is C9H12N. The van der Waals surface area contributed by atoms with Crippen LogP contribution in [0.25, 0.3) is 0 Å². The topological polar surface area (TPSA) is 12.9 Å². The van der Waals surface area contributed by atoms with Crippen LogP contribution in [0.5, 0.6) is 0 Å². The van der Waals surface area contributed by atoms with E-state index >= 15 is 0 Å². The summed E-state index contributed by atoms with van der Waals surface area (Å²) in [6.45, 7) is 6.51. The summed E-state index contributed by atoms with van der Waals surface area (Å²) in [6.07, 6.45) is 4.62. The zero-order chi connectivity index (χ0) is 7.61. The molecule has 0 atom stereocenters. The fourth-order valence-electron chi connectivity index (χ4n) is 0.764. The molecule has 0 bridgehead atoms. The van der Waals surface area contributed by atoms with Gasteiger partial charge in [-0.2, -0.15) is 0 Å². The maximum Gasteiger partial charge on any atom is 0.0886 e. The average Bonchev–Trinajstić information content (AvgIpc) is 1.88. The molecule has 1 heterocycles. The van der Waals surface area contributed by atoms with Crippen LogP contribution >= 0.6 is 0 Å². The highest BCUT2D eigenvalue weighted by molar-refractivity contribution is 5.17. The van der Waals surface area contributed by atoms with E-state index in [1.807, 2.05) is 18.3 Å². The molecule has 0 aliphatic rings. The quantitative estimate of drug-likeness (QED) is 0.530. The van der Waals surface area contributed by atoms with Gasteiger partial charge in [0.15, 0.2) is 0 Å². The van der Waals surface area contributed by atoms with Crippen molar-refractivity contribution in [2.75, 3.05) is 0 Å². The third kappa shape index (κ3) is 1.56. The lowest BCUT2D eigenvalue weighted by Gasteiger charge is -2.17. The molecule has 1 rings (SSSR count). The summed E-state index contributed by atoms with van der Waals surface area (Å²) in [5.41, 5.74) is 1.47. The Labute approximate surface area is 62.1 Å². The van der Waals surface area contributed by atoms with Crippen LogP contribution in [0.1, 0.15) is 26.3 Å².